The third kappa shape index (κ3) is 3.09. The lowest BCUT2D eigenvalue weighted by Crippen LogP contribution is -2.31. The summed E-state index contributed by atoms with van der Waals surface area (Å²) in [5.74, 6) is 0.966. The number of aryl methyl sites for hydroxylation is 1. The number of nitrogens with one attached hydrogen (secondary N) is 2. The van der Waals surface area contributed by atoms with Crippen molar-refractivity contribution in [2.75, 3.05) is 17.7 Å². The fraction of sp³-hybridized carbons (Fsp3) is 0.200. The minimum absolute atomic E-state index is 0.215. The first-order chi connectivity index (χ1) is 13.6. The van der Waals surface area contributed by atoms with E-state index in [0.29, 0.717) is 23.0 Å². The van der Waals surface area contributed by atoms with Gasteiger partial charge in [-0.15, -0.1) is 0 Å². The van der Waals surface area contributed by atoms with Crippen LogP contribution in [0.4, 0.5) is 11.6 Å². The van der Waals surface area contributed by atoms with Crippen LogP contribution in [0.2, 0.25) is 0 Å². The summed E-state index contributed by atoms with van der Waals surface area (Å²) in [6, 6.07) is 14.7. The number of allylic oxidation sites excluding steroid dienone is 1. The van der Waals surface area contributed by atoms with Gasteiger partial charge in [-0.1, -0.05) is 35.4 Å². The number of hydrogen-bond acceptors (Lipinski definition) is 6. The van der Waals surface area contributed by atoms with E-state index < -0.39 is 6.04 Å². The van der Waals surface area contributed by atoms with Crippen molar-refractivity contribution < 1.29 is 9.53 Å². The van der Waals surface area contributed by atoms with E-state index in [1.807, 2.05) is 62.4 Å². The Morgan fingerprint density at radius 1 is 1.18 bits per heavy atom. The Morgan fingerprint density at radius 3 is 2.79 bits per heavy atom. The highest BCUT2D eigenvalue weighted by atomic mass is 16.5. The summed E-state index contributed by atoms with van der Waals surface area (Å²) in [6.45, 7) is 3.80. The quantitative estimate of drug-likeness (QED) is 0.727. The molecule has 0 saturated carbocycles. The van der Waals surface area contributed by atoms with Crippen molar-refractivity contribution in [2.45, 2.75) is 19.9 Å². The van der Waals surface area contributed by atoms with Gasteiger partial charge in [-0.3, -0.25) is 4.79 Å². The normalized spacial score (nSPS) is 15.6. The molecule has 0 fully saturated rings. The van der Waals surface area contributed by atoms with Crippen molar-refractivity contribution >= 4 is 17.5 Å². The largest absolute Gasteiger partial charge is 0.497 e. The number of carbonyl (C=O) groups is 1. The summed E-state index contributed by atoms with van der Waals surface area (Å²) >= 11 is 0. The van der Waals surface area contributed by atoms with Crippen LogP contribution in [0.25, 0.3) is 0 Å². The number of rotatable bonds is 4. The molecule has 4 rings (SSSR count). The van der Waals surface area contributed by atoms with Crippen LogP contribution < -0.4 is 15.4 Å². The SMILES string of the molecule is COc1cccc([C@@H]2C(C(=O)Nc3ccccc3C)=C(C)Nc3nnnn32)c1. The number of fused-ring (bicyclic) bond motifs is 1. The molecule has 8 nitrogen and oxygen atoms in total. The first-order valence-corrected chi connectivity index (χ1v) is 8.85. The molecule has 0 bridgehead atoms. The molecule has 0 spiro atoms. The second kappa shape index (κ2) is 7.15. The molecular weight excluding hydrogens is 356 g/mol. The molecule has 1 amide bonds. The summed E-state index contributed by atoms with van der Waals surface area (Å²) in [7, 11) is 1.61. The summed E-state index contributed by atoms with van der Waals surface area (Å²) in [4.78, 5) is 13.3. The number of methoxy groups -OCH3 is 1. The smallest absolute Gasteiger partial charge is 0.255 e. The van der Waals surface area contributed by atoms with Crippen molar-refractivity contribution in [1.82, 2.24) is 20.2 Å². The molecule has 8 heteroatoms. The van der Waals surface area contributed by atoms with Gasteiger partial charge < -0.3 is 15.4 Å². The van der Waals surface area contributed by atoms with E-state index in [-0.39, 0.29) is 5.91 Å². The molecule has 2 aromatic carbocycles. The third-order valence-corrected chi connectivity index (χ3v) is 4.76. The zero-order valence-corrected chi connectivity index (χ0v) is 15.8. The zero-order valence-electron chi connectivity index (χ0n) is 15.8. The summed E-state index contributed by atoms with van der Waals surface area (Å²) in [5, 5.41) is 18.0. The number of anilines is 2. The maximum absolute atomic E-state index is 13.3. The molecule has 2 N–H and O–H groups in total. The van der Waals surface area contributed by atoms with Gasteiger partial charge in [-0.05, 0) is 53.6 Å². The Labute approximate surface area is 162 Å². The summed E-state index contributed by atoms with van der Waals surface area (Å²) in [6.07, 6.45) is 0. The van der Waals surface area contributed by atoms with Crippen molar-refractivity contribution in [2.24, 2.45) is 0 Å². The van der Waals surface area contributed by atoms with Crippen molar-refractivity contribution in [3.8, 4) is 5.75 Å². The Morgan fingerprint density at radius 2 is 2.00 bits per heavy atom. The molecule has 1 atom stereocenters. The monoisotopic (exact) mass is 376 g/mol. The van der Waals surface area contributed by atoms with Crippen molar-refractivity contribution in [3.63, 3.8) is 0 Å². The number of aromatic nitrogens is 4. The minimum Gasteiger partial charge on any atom is -0.497 e. The van der Waals surface area contributed by atoms with E-state index in [1.54, 1.807) is 11.8 Å². The molecule has 3 aromatic rings. The van der Waals surface area contributed by atoms with E-state index in [2.05, 4.69) is 26.2 Å². The highest BCUT2D eigenvalue weighted by molar-refractivity contribution is 6.06. The molecule has 0 radical (unpaired) electrons. The van der Waals surface area contributed by atoms with E-state index in [0.717, 1.165) is 16.8 Å². The van der Waals surface area contributed by atoms with Crippen LogP contribution in [0.3, 0.4) is 0 Å². The Hall–Kier alpha value is -3.68. The molecule has 0 aliphatic carbocycles. The number of amides is 1. The fourth-order valence-electron chi connectivity index (χ4n) is 3.33. The molecule has 2 heterocycles. The predicted octanol–water partition coefficient (Wildman–Crippen LogP) is 2.92. The fourth-order valence-corrected chi connectivity index (χ4v) is 3.33. The zero-order chi connectivity index (χ0) is 19.7. The maximum atomic E-state index is 13.3. The second-order valence-corrected chi connectivity index (χ2v) is 6.56. The first kappa shape index (κ1) is 17.7. The van der Waals surface area contributed by atoms with E-state index >= 15 is 0 Å². The lowest BCUT2D eigenvalue weighted by atomic mass is 9.94. The molecule has 0 unspecified atom stereocenters. The number of benzene rings is 2. The van der Waals surface area contributed by atoms with Gasteiger partial charge in [-0.2, -0.15) is 4.68 Å². The lowest BCUT2D eigenvalue weighted by Gasteiger charge is -2.28. The molecule has 0 saturated heterocycles. The van der Waals surface area contributed by atoms with Crippen LogP contribution in [-0.4, -0.2) is 33.2 Å². The molecule has 1 aliphatic heterocycles. The van der Waals surface area contributed by atoms with Gasteiger partial charge in [0.05, 0.1) is 12.7 Å². The number of para-hydroxylation sites is 1. The Bertz CT molecular complexity index is 1070. The van der Waals surface area contributed by atoms with Crippen LogP contribution in [0.1, 0.15) is 24.1 Å². The van der Waals surface area contributed by atoms with Crippen LogP contribution in [0, 0.1) is 6.92 Å². The van der Waals surface area contributed by atoms with Crippen LogP contribution >= 0.6 is 0 Å². The van der Waals surface area contributed by atoms with E-state index in [9.17, 15) is 4.79 Å². The van der Waals surface area contributed by atoms with Gasteiger partial charge in [0.25, 0.3) is 5.91 Å². The number of carbonyl (C=O) groups excluding carboxylic acids is 1. The maximum Gasteiger partial charge on any atom is 0.255 e. The molecule has 1 aromatic heterocycles. The Balaban J connectivity index is 1.78. The number of ether oxygens (including phenoxy) is 1. The average Bonchev–Trinajstić information content (AvgIpc) is 3.16. The first-order valence-electron chi connectivity index (χ1n) is 8.85. The number of tetrazole rings is 1. The van der Waals surface area contributed by atoms with E-state index in [4.69, 9.17) is 4.74 Å². The average molecular weight is 376 g/mol. The Kier molecular flexibility index (Phi) is 4.52. The van der Waals surface area contributed by atoms with Gasteiger partial charge in [0, 0.05) is 11.4 Å². The van der Waals surface area contributed by atoms with Gasteiger partial charge in [0.2, 0.25) is 5.95 Å². The van der Waals surface area contributed by atoms with Crippen LogP contribution in [-0.2, 0) is 4.79 Å². The predicted molar refractivity (Wildman–Crippen MR) is 105 cm³/mol. The van der Waals surface area contributed by atoms with Crippen LogP contribution in [0.15, 0.2) is 59.8 Å². The van der Waals surface area contributed by atoms with Crippen molar-refractivity contribution in [1.29, 1.82) is 0 Å². The summed E-state index contributed by atoms with van der Waals surface area (Å²) < 4.78 is 6.96. The van der Waals surface area contributed by atoms with Gasteiger partial charge in [-0.25, -0.2) is 0 Å². The molecule has 1 aliphatic rings. The summed E-state index contributed by atoms with van der Waals surface area (Å²) in [5.41, 5.74) is 3.83. The van der Waals surface area contributed by atoms with Crippen molar-refractivity contribution in [3.05, 3.63) is 70.9 Å². The third-order valence-electron chi connectivity index (χ3n) is 4.76. The number of nitrogens with zero attached hydrogens (tertiary/aromatic N) is 4. The highest BCUT2D eigenvalue weighted by Crippen LogP contribution is 2.36. The molecular formula is C20H20N6O2. The lowest BCUT2D eigenvalue weighted by molar-refractivity contribution is -0.113. The molecule has 142 valence electrons. The van der Waals surface area contributed by atoms with Crippen LogP contribution in [0.5, 0.6) is 5.75 Å². The second-order valence-electron chi connectivity index (χ2n) is 6.56. The topological polar surface area (TPSA) is 94.0 Å². The van der Waals surface area contributed by atoms with E-state index in [1.165, 1.54) is 0 Å². The highest BCUT2D eigenvalue weighted by Gasteiger charge is 2.34. The minimum atomic E-state index is -0.481. The van der Waals surface area contributed by atoms with Gasteiger partial charge in [0.1, 0.15) is 11.8 Å². The van der Waals surface area contributed by atoms with Gasteiger partial charge >= 0.3 is 0 Å². The number of hydrogen-bond donors (Lipinski definition) is 2. The van der Waals surface area contributed by atoms with Gasteiger partial charge in [0.15, 0.2) is 0 Å². The standard InChI is InChI=1S/C20H20N6O2/c1-12-7-4-5-10-16(12)22-19(27)17-13(2)21-20-23-24-25-26(20)18(17)14-8-6-9-15(11-14)28-3/h4-11,18H,1-3H3,(H,22,27)(H,21,23,25)/t18-/m1/s1. The molecule has 28 heavy (non-hydrogen) atoms.